The Labute approximate surface area is 187 Å². The van der Waals surface area contributed by atoms with E-state index in [1.54, 1.807) is 14.2 Å². The first-order chi connectivity index (χ1) is 15.6. The summed E-state index contributed by atoms with van der Waals surface area (Å²) in [5.74, 6) is 4.36. The topological polar surface area (TPSA) is 57.2 Å². The van der Waals surface area contributed by atoms with Crippen LogP contribution in [-0.2, 0) is 0 Å². The normalized spacial score (nSPS) is 10.6. The van der Waals surface area contributed by atoms with Gasteiger partial charge in [-0.05, 0) is 83.9 Å². The van der Waals surface area contributed by atoms with E-state index in [9.17, 15) is 5.11 Å². The van der Waals surface area contributed by atoms with Gasteiger partial charge in [-0.2, -0.15) is 0 Å². The summed E-state index contributed by atoms with van der Waals surface area (Å²) < 4.78 is 22.0. The zero-order valence-electron chi connectivity index (χ0n) is 17.9. The van der Waals surface area contributed by atoms with Crippen molar-refractivity contribution in [1.82, 2.24) is 0 Å². The maximum Gasteiger partial charge on any atom is 0.127 e. The van der Waals surface area contributed by atoms with E-state index in [0.717, 1.165) is 22.6 Å². The molecule has 32 heavy (non-hydrogen) atoms. The van der Waals surface area contributed by atoms with Crippen LogP contribution in [0, 0.1) is 0 Å². The largest absolute Gasteiger partial charge is 0.497 e. The van der Waals surface area contributed by atoms with E-state index >= 15 is 0 Å². The van der Waals surface area contributed by atoms with Gasteiger partial charge in [-0.15, -0.1) is 0 Å². The number of rotatable bonds is 8. The molecule has 0 spiro atoms. The maximum atomic E-state index is 10.8. The Morgan fingerprint density at radius 3 is 0.969 bits per heavy atom. The standard InChI is InChI=1S/C27H24O5/c1-29-21-11-15-25(16-12-21)31-23-7-3-19(4-8-23)27(28)20-5-9-24(10-6-20)32-26-17-13-22(30-2)14-18-26/h3-18,27-28H,1-2H3. The molecule has 0 fully saturated rings. The third-order valence-corrected chi connectivity index (χ3v) is 4.98. The quantitative estimate of drug-likeness (QED) is 0.353. The summed E-state index contributed by atoms with van der Waals surface area (Å²) in [6, 6.07) is 29.5. The van der Waals surface area contributed by atoms with Crippen molar-refractivity contribution < 1.29 is 24.1 Å². The number of methoxy groups -OCH3 is 2. The SMILES string of the molecule is COc1ccc(Oc2ccc(C(O)c3ccc(Oc4ccc(OC)cc4)cc3)cc2)cc1. The summed E-state index contributed by atoms with van der Waals surface area (Å²) in [6.45, 7) is 0. The fraction of sp³-hybridized carbons (Fsp3) is 0.111. The first-order valence-corrected chi connectivity index (χ1v) is 10.2. The second kappa shape index (κ2) is 9.90. The molecule has 0 saturated heterocycles. The van der Waals surface area contributed by atoms with E-state index in [4.69, 9.17) is 18.9 Å². The van der Waals surface area contributed by atoms with E-state index in [1.165, 1.54) is 0 Å². The van der Waals surface area contributed by atoms with Crippen molar-refractivity contribution in [2.75, 3.05) is 14.2 Å². The molecule has 0 heterocycles. The van der Waals surface area contributed by atoms with Crippen LogP contribution < -0.4 is 18.9 Å². The smallest absolute Gasteiger partial charge is 0.127 e. The molecule has 4 rings (SSSR count). The third-order valence-electron chi connectivity index (χ3n) is 4.98. The van der Waals surface area contributed by atoms with Crippen LogP contribution in [0.5, 0.6) is 34.5 Å². The molecule has 0 unspecified atom stereocenters. The van der Waals surface area contributed by atoms with Gasteiger partial charge < -0.3 is 24.1 Å². The molecular formula is C27H24O5. The summed E-state index contributed by atoms with van der Waals surface area (Å²) >= 11 is 0. The van der Waals surface area contributed by atoms with E-state index in [1.807, 2.05) is 97.1 Å². The lowest BCUT2D eigenvalue weighted by Gasteiger charge is -2.14. The van der Waals surface area contributed by atoms with Crippen molar-refractivity contribution >= 4 is 0 Å². The van der Waals surface area contributed by atoms with E-state index in [2.05, 4.69) is 0 Å². The van der Waals surface area contributed by atoms with E-state index < -0.39 is 6.10 Å². The average molecular weight is 428 g/mol. The van der Waals surface area contributed by atoms with Crippen LogP contribution in [-0.4, -0.2) is 19.3 Å². The zero-order chi connectivity index (χ0) is 22.3. The molecule has 0 atom stereocenters. The molecule has 5 nitrogen and oxygen atoms in total. The number of aliphatic hydroxyl groups excluding tert-OH is 1. The highest BCUT2D eigenvalue weighted by molar-refractivity contribution is 5.40. The Hall–Kier alpha value is -3.96. The molecule has 0 aliphatic rings. The highest BCUT2D eigenvalue weighted by Gasteiger charge is 2.11. The van der Waals surface area contributed by atoms with Crippen molar-refractivity contribution in [2.45, 2.75) is 6.10 Å². The summed E-state index contributed by atoms with van der Waals surface area (Å²) in [5.41, 5.74) is 1.55. The van der Waals surface area contributed by atoms with Crippen LogP contribution >= 0.6 is 0 Å². The zero-order valence-corrected chi connectivity index (χ0v) is 17.9. The monoisotopic (exact) mass is 428 g/mol. The van der Waals surface area contributed by atoms with Gasteiger partial charge in [-0.3, -0.25) is 0 Å². The molecule has 0 amide bonds. The lowest BCUT2D eigenvalue weighted by molar-refractivity contribution is 0.220. The molecule has 0 saturated carbocycles. The Bertz CT molecular complexity index is 1030. The maximum absolute atomic E-state index is 10.8. The van der Waals surface area contributed by atoms with Crippen molar-refractivity contribution in [3.63, 3.8) is 0 Å². The van der Waals surface area contributed by atoms with Gasteiger partial charge in [-0.1, -0.05) is 24.3 Å². The van der Waals surface area contributed by atoms with E-state index in [-0.39, 0.29) is 0 Å². The van der Waals surface area contributed by atoms with Crippen molar-refractivity contribution in [2.24, 2.45) is 0 Å². The highest BCUT2D eigenvalue weighted by atomic mass is 16.5. The number of aliphatic hydroxyl groups is 1. The fourth-order valence-electron chi connectivity index (χ4n) is 3.19. The van der Waals surface area contributed by atoms with Crippen molar-refractivity contribution in [3.8, 4) is 34.5 Å². The molecule has 0 aliphatic carbocycles. The van der Waals surface area contributed by atoms with Crippen LogP contribution in [0.4, 0.5) is 0 Å². The van der Waals surface area contributed by atoms with Gasteiger partial charge in [0, 0.05) is 0 Å². The molecule has 1 N–H and O–H groups in total. The molecule has 0 bridgehead atoms. The van der Waals surface area contributed by atoms with Crippen LogP contribution in [0.3, 0.4) is 0 Å². The molecule has 162 valence electrons. The minimum absolute atomic E-state index is 0.689. The fourth-order valence-corrected chi connectivity index (χ4v) is 3.19. The van der Waals surface area contributed by atoms with Crippen LogP contribution in [0.15, 0.2) is 97.1 Å². The summed E-state index contributed by atoms with van der Waals surface area (Å²) in [4.78, 5) is 0. The molecule has 0 aliphatic heterocycles. The molecule has 0 radical (unpaired) electrons. The van der Waals surface area contributed by atoms with E-state index in [0.29, 0.717) is 23.0 Å². The Balaban J connectivity index is 1.39. The van der Waals surface area contributed by atoms with Crippen LogP contribution in [0.25, 0.3) is 0 Å². The predicted octanol–water partition coefficient (Wildman–Crippen LogP) is 6.37. The number of ether oxygens (including phenoxy) is 4. The van der Waals surface area contributed by atoms with Gasteiger partial charge in [0.05, 0.1) is 14.2 Å². The lowest BCUT2D eigenvalue weighted by Crippen LogP contribution is -1.99. The number of benzene rings is 4. The summed E-state index contributed by atoms with van der Waals surface area (Å²) in [7, 11) is 3.25. The number of hydrogen-bond acceptors (Lipinski definition) is 5. The summed E-state index contributed by atoms with van der Waals surface area (Å²) in [5, 5.41) is 10.8. The third kappa shape index (κ3) is 5.20. The molecule has 4 aromatic rings. The lowest BCUT2D eigenvalue weighted by atomic mass is 10.0. The molecular weight excluding hydrogens is 404 g/mol. The Morgan fingerprint density at radius 2 is 0.688 bits per heavy atom. The Kier molecular flexibility index (Phi) is 6.58. The minimum Gasteiger partial charge on any atom is -0.497 e. The van der Waals surface area contributed by atoms with Gasteiger partial charge in [0.15, 0.2) is 0 Å². The second-order valence-corrected chi connectivity index (χ2v) is 7.10. The van der Waals surface area contributed by atoms with Gasteiger partial charge in [0.2, 0.25) is 0 Å². The van der Waals surface area contributed by atoms with Gasteiger partial charge >= 0.3 is 0 Å². The number of hydrogen-bond donors (Lipinski definition) is 1. The minimum atomic E-state index is -0.750. The molecule has 5 heteroatoms. The first kappa shape index (κ1) is 21.3. The highest BCUT2D eigenvalue weighted by Crippen LogP contribution is 2.29. The van der Waals surface area contributed by atoms with Gasteiger partial charge in [0.1, 0.15) is 40.6 Å². The first-order valence-electron chi connectivity index (χ1n) is 10.2. The van der Waals surface area contributed by atoms with Crippen LogP contribution in [0.2, 0.25) is 0 Å². The van der Waals surface area contributed by atoms with Gasteiger partial charge in [0.25, 0.3) is 0 Å². The molecule has 4 aromatic carbocycles. The molecule has 0 aromatic heterocycles. The van der Waals surface area contributed by atoms with Crippen molar-refractivity contribution in [1.29, 1.82) is 0 Å². The second-order valence-electron chi connectivity index (χ2n) is 7.10. The van der Waals surface area contributed by atoms with Gasteiger partial charge in [-0.25, -0.2) is 0 Å². The van der Waals surface area contributed by atoms with Crippen molar-refractivity contribution in [3.05, 3.63) is 108 Å². The average Bonchev–Trinajstić information content (AvgIpc) is 2.85. The summed E-state index contributed by atoms with van der Waals surface area (Å²) in [6.07, 6.45) is -0.750. The van der Waals surface area contributed by atoms with Crippen LogP contribution in [0.1, 0.15) is 17.2 Å². The predicted molar refractivity (Wildman–Crippen MR) is 123 cm³/mol. The Morgan fingerprint density at radius 1 is 0.438 bits per heavy atom.